The van der Waals surface area contributed by atoms with E-state index in [2.05, 4.69) is 18.7 Å². The van der Waals surface area contributed by atoms with Crippen LogP contribution in [0, 0.1) is 0 Å². The molecule has 0 radical (unpaired) electrons. The van der Waals surface area contributed by atoms with E-state index in [1.165, 1.54) is 0 Å². The molecule has 3 nitrogen and oxygen atoms in total. The molecule has 72 valence electrons. The van der Waals surface area contributed by atoms with Crippen LogP contribution in [0.3, 0.4) is 0 Å². The number of hydrogen-bond donors (Lipinski definition) is 2. The third kappa shape index (κ3) is 1.97. The summed E-state index contributed by atoms with van der Waals surface area (Å²) in [5.41, 5.74) is 0. The number of hydrogen-bond acceptors (Lipinski definition) is 3. The van der Waals surface area contributed by atoms with E-state index < -0.39 is 12.2 Å². The van der Waals surface area contributed by atoms with Gasteiger partial charge in [-0.1, -0.05) is 13.8 Å². The monoisotopic (exact) mass is 173 g/mol. The lowest BCUT2D eigenvalue weighted by atomic mass is 10.1. The van der Waals surface area contributed by atoms with Crippen LogP contribution in [0.4, 0.5) is 0 Å². The Labute approximate surface area is 74.0 Å². The quantitative estimate of drug-likeness (QED) is 0.641. The summed E-state index contributed by atoms with van der Waals surface area (Å²) in [4.78, 5) is 2.18. The van der Waals surface area contributed by atoms with Crippen LogP contribution < -0.4 is 0 Å². The molecule has 0 amide bonds. The molecule has 0 aliphatic carbocycles. The van der Waals surface area contributed by atoms with Crippen LogP contribution >= 0.6 is 0 Å². The number of nitrogens with zero attached hydrogens (tertiary/aromatic N) is 1. The van der Waals surface area contributed by atoms with Crippen molar-refractivity contribution in [3.8, 4) is 0 Å². The van der Waals surface area contributed by atoms with Gasteiger partial charge in [0.15, 0.2) is 0 Å². The molecule has 1 saturated heterocycles. The lowest BCUT2D eigenvalue weighted by molar-refractivity contribution is 0.0572. The largest absolute Gasteiger partial charge is 0.389 e. The minimum absolute atomic E-state index is 0.525. The average Bonchev–Trinajstić information content (AvgIpc) is 2.35. The minimum atomic E-state index is -0.536. The molecule has 0 aromatic heterocycles. The van der Waals surface area contributed by atoms with Gasteiger partial charge in [-0.05, 0) is 12.8 Å². The first-order chi connectivity index (χ1) is 5.69. The van der Waals surface area contributed by atoms with E-state index in [-0.39, 0.29) is 0 Å². The molecule has 2 atom stereocenters. The summed E-state index contributed by atoms with van der Waals surface area (Å²) >= 11 is 0. The summed E-state index contributed by atoms with van der Waals surface area (Å²) in [6.45, 7) is 5.55. The maximum atomic E-state index is 9.32. The van der Waals surface area contributed by atoms with E-state index in [1.54, 1.807) is 0 Å². The summed E-state index contributed by atoms with van der Waals surface area (Å²) < 4.78 is 0. The van der Waals surface area contributed by atoms with Crippen LogP contribution in [-0.4, -0.2) is 46.5 Å². The number of aliphatic hydroxyl groups excluding tert-OH is 2. The fourth-order valence-electron chi connectivity index (χ4n) is 1.90. The van der Waals surface area contributed by atoms with Gasteiger partial charge in [-0.2, -0.15) is 0 Å². The van der Waals surface area contributed by atoms with Crippen molar-refractivity contribution in [3.05, 3.63) is 0 Å². The van der Waals surface area contributed by atoms with Gasteiger partial charge in [0.1, 0.15) is 0 Å². The van der Waals surface area contributed by atoms with Crippen molar-refractivity contribution in [3.63, 3.8) is 0 Å². The Morgan fingerprint density at radius 3 is 1.92 bits per heavy atom. The normalized spacial score (nSPS) is 31.8. The predicted molar refractivity (Wildman–Crippen MR) is 48.0 cm³/mol. The van der Waals surface area contributed by atoms with Gasteiger partial charge in [0, 0.05) is 19.1 Å². The maximum Gasteiger partial charge on any atom is 0.0938 e. The molecule has 1 aliphatic rings. The molecule has 12 heavy (non-hydrogen) atoms. The predicted octanol–water partition coefficient (Wildman–Crippen LogP) is 0.212. The van der Waals surface area contributed by atoms with E-state index in [9.17, 15) is 10.2 Å². The van der Waals surface area contributed by atoms with Gasteiger partial charge < -0.3 is 10.2 Å². The van der Waals surface area contributed by atoms with E-state index in [4.69, 9.17) is 0 Å². The van der Waals surface area contributed by atoms with Crippen molar-refractivity contribution in [1.82, 2.24) is 4.90 Å². The molecule has 1 fully saturated rings. The van der Waals surface area contributed by atoms with Gasteiger partial charge in [-0.3, -0.25) is 4.90 Å². The maximum absolute atomic E-state index is 9.32. The molecule has 0 aromatic carbocycles. The summed E-state index contributed by atoms with van der Waals surface area (Å²) in [7, 11) is 0. The Morgan fingerprint density at radius 1 is 1.17 bits per heavy atom. The molecule has 1 rings (SSSR count). The summed E-state index contributed by atoms with van der Waals surface area (Å²) in [6, 6.07) is 0.525. The lowest BCUT2D eigenvalue weighted by Crippen LogP contribution is -2.33. The van der Waals surface area contributed by atoms with Crippen molar-refractivity contribution in [2.24, 2.45) is 0 Å². The highest BCUT2D eigenvalue weighted by Crippen LogP contribution is 2.17. The van der Waals surface area contributed by atoms with E-state index in [1.807, 2.05) is 0 Å². The van der Waals surface area contributed by atoms with Gasteiger partial charge in [0.25, 0.3) is 0 Å². The second-order valence-electron chi connectivity index (χ2n) is 3.56. The van der Waals surface area contributed by atoms with Gasteiger partial charge in [-0.25, -0.2) is 0 Å². The molecule has 0 bridgehead atoms. The Balaban J connectivity index is 2.44. The average molecular weight is 173 g/mol. The van der Waals surface area contributed by atoms with Crippen molar-refractivity contribution in [2.45, 2.75) is 44.9 Å². The highest BCUT2D eigenvalue weighted by Gasteiger charge is 2.32. The number of rotatable bonds is 3. The Hall–Kier alpha value is -0.120. The molecule has 1 heterocycles. The SMILES string of the molecule is CCC(CC)N1CC(O)C(O)C1. The summed E-state index contributed by atoms with van der Waals surface area (Å²) in [6.07, 6.45) is 1.11. The smallest absolute Gasteiger partial charge is 0.0938 e. The zero-order chi connectivity index (χ0) is 9.14. The first-order valence-corrected chi connectivity index (χ1v) is 4.79. The third-order valence-electron chi connectivity index (χ3n) is 2.75. The Bertz CT molecular complexity index is 126. The van der Waals surface area contributed by atoms with Crippen LogP contribution in [-0.2, 0) is 0 Å². The summed E-state index contributed by atoms with van der Waals surface area (Å²) in [5, 5.41) is 18.6. The summed E-state index contributed by atoms with van der Waals surface area (Å²) in [5.74, 6) is 0. The van der Waals surface area contributed by atoms with Crippen LogP contribution in [0.15, 0.2) is 0 Å². The molecular weight excluding hydrogens is 154 g/mol. The van der Waals surface area contributed by atoms with E-state index in [0.29, 0.717) is 19.1 Å². The number of aliphatic hydroxyl groups is 2. The molecule has 0 saturated carbocycles. The highest BCUT2D eigenvalue weighted by molar-refractivity contribution is 4.86. The van der Waals surface area contributed by atoms with Crippen molar-refractivity contribution in [2.75, 3.05) is 13.1 Å². The minimum Gasteiger partial charge on any atom is -0.389 e. The molecule has 2 unspecified atom stereocenters. The Morgan fingerprint density at radius 2 is 1.58 bits per heavy atom. The number of β-amino-alcohol motifs (C(OH)–C–C–N with tert-alkyl or cyclic N) is 2. The fourth-order valence-corrected chi connectivity index (χ4v) is 1.90. The van der Waals surface area contributed by atoms with Crippen LogP contribution in [0.2, 0.25) is 0 Å². The van der Waals surface area contributed by atoms with Gasteiger partial charge in [-0.15, -0.1) is 0 Å². The zero-order valence-electron chi connectivity index (χ0n) is 7.90. The first-order valence-electron chi connectivity index (χ1n) is 4.79. The second kappa shape index (κ2) is 4.21. The van der Waals surface area contributed by atoms with Crippen molar-refractivity contribution < 1.29 is 10.2 Å². The van der Waals surface area contributed by atoms with Crippen molar-refractivity contribution in [1.29, 1.82) is 0 Å². The van der Waals surface area contributed by atoms with Gasteiger partial charge >= 0.3 is 0 Å². The molecule has 3 heteroatoms. The molecule has 2 N–H and O–H groups in total. The van der Waals surface area contributed by atoms with Crippen molar-refractivity contribution >= 4 is 0 Å². The second-order valence-corrected chi connectivity index (χ2v) is 3.56. The fraction of sp³-hybridized carbons (Fsp3) is 1.00. The number of likely N-dealkylation sites (tertiary alicyclic amines) is 1. The highest BCUT2D eigenvalue weighted by atomic mass is 16.3. The molecular formula is C9H19NO2. The lowest BCUT2D eigenvalue weighted by Gasteiger charge is -2.24. The third-order valence-corrected chi connectivity index (χ3v) is 2.75. The van der Waals surface area contributed by atoms with Crippen LogP contribution in [0.5, 0.6) is 0 Å². The standard InChI is InChI=1S/C9H19NO2/c1-3-7(4-2)10-5-8(11)9(12)6-10/h7-9,11-12H,3-6H2,1-2H3. The van der Waals surface area contributed by atoms with Crippen LogP contribution in [0.25, 0.3) is 0 Å². The van der Waals surface area contributed by atoms with Gasteiger partial charge in [0.2, 0.25) is 0 Å². The molecule has 0 aromatic rings. The topological polar surface area (TPSA) is 43.7 Å². The zero-order valence-corrected chi connectivity index (χ0v) is 7.90. The van der Waals surface area contributed by atoms with Crippen LogP contribution in [0.1, 0.15) is 26.7 Å². The molecule has 0 spiro atoms. The van der Waals surface area contributed by atoms with E-state index >= 15 is 0 Å². The van der Waals surface area contributed by atoms with E-state index in [0.717, 1.165) is 12.8 Å². The first kappa shape index (κ1) is 9.96. The molecule has 1 aliphatic heterocycles. The van der Waals surface area contributed by atoms with Gasteiger partial charge in [0.05, 0.1) is 12.2 Å². The Kier molecular flexibility index (Phi) is 3.50.